The Balaban J connectivity index is 2.25. The number of carbonyl (C=O) groups excluding carboxylic acids is 1. The van der Waals surface area contributed by atoms with Crippen LogP contribution in [0.4, 0.5) is 18.2 Å². The van der Waals surface area contributed by atoms with Gasteiger partial charge < -0.3 is 10.4 Å². The van der Waals surface area contributed by atoms with E-state index in [1.165, 1.54) is 6.07 Å². The van der Waals surface area contributed by atoms with E-state index in [0.29, 0.717) is 4.88 Å². The number of hydrogen-bond donors (Lipinski definition) is 2. The molecule has 0 aromatic carbocycles. The number of thiophene rings is 1. The fourth-order valence-electron chi connectivity index (χ4n) is 1.40. The summed E-state index contributed by atoms with van der Waals surface area (Å²) in [6.45, 7) is 0. The molecule has 1 heterocycles. The van der Waals surface area contributed by atoms with Crippen molar-refractivity contribution < 1.29 is 27.9 Å². The molecule has 98 valence electrons. The average Bonchev–Trinajstić information content (AvgIpc) is 2.99. The molecule has 0 radical (unpaired) electrons. The van der Waals surface area contributed by atoms with E-state index >= 15 is 0 Å². The van der Waals surface area contributed by atoms with Gasteiger partial charge in [0, 0.05) is 4.88 Å². The number of anilines is 1. The van der Waals surface area contributed by atoms with Gasteiger partial charge in [-0.2, -0.15) is 13.2 Å². The monoisotopic (exact) mass is 279 g/mol. The van der Waals surface area contributed by atoms with Gasteiger partial charge >= 0.3 is 18.1 Å². The van der Waals surface area contributed by atoms with Crippen molar-refractivity contribution in [2.45, 2.75) is 24.9 Å². The van der Waals surface area contributed by atoms with Gasteiger partial charge in [-0.05, 0) is 24.8 Å². The molecule has 0 atom stereocenters. The summed E-state index contributed by atoms with van der Waals surface area (Å²) < 4.78 is 36.3. The van der Waals surface area contributed by atoms with Crippen LogP contribution in [0.3, 0.4) is 0 Å². The lowest BCUT2D eigenvalue weighted by Gasteiger charge is -2.06. The SMILES string of the molecule is O=C(O)c1cc(C2CC2)sc1NC(=O)C(F)(F)F. The summed E-state index contributed by atoms with van der Waals surface area (Å²) in [5.41, 5.74) is -0.292. The molecule has 8 heteroatoms. The van der Waals surface area contributed by atoms with Crippen molar-refractivity contribution in [2.75, 3.05) is 5.32 Å². The zero-order valence-corrected chi connectivity index (χ0v) is 9.69. The van der Waals surface area contributed by atoms with E-state index in [1.54, 1.807) is 5.32 Å². The van der Waals surface area contributed by atoms with Crippen LogP contribution in [0.1, 0.15) is 34.0 Å². The van der Waals surface area contributed by atoms with E-state index in [0.717, 1.165) is 24.2 Å². The maximum Gasteiger partial charge on any atom is 0.471 e. The Kier molecular flexibility index (Phi) is 3.05. The van der Waals surface area contributed by atoms with Gasteiger partial charge in [-0.3, -0.25) is 4.79 Å². The maximum atomic E-state index is 12.1. The van der Waals surface area contributed by atoms with Gasteiger partial charge in [0.2, 0.25) is 0 Å². The molecule has 1 aromatic rings. The number of aromatic carboxylic acids is 1. The molecule has 0 unspecified atom stereocenters. The minimum Gasteiger partial charge on any atom is -0.478 e. The highest BCUT2D eigenvalue weighted by Gasteiger charge is 2.40. The Labute approximate surface area is 103 Å². The van der Waals surface area contributed by atoms with Crippen molar-refractivity contribution in [3.05, 3.63) is 16.5 Å². The number of amides is 1. The molecule has 2 N–H and O–H groups in total. The Morgan fingerprint density at radius 2 is 2.00 bits per heavy atom. The van der Waals surface area contributed by atoms with Crippen molar-refractivity contribution in [1.29, 1.82) is 0 Å². The largest absolute Gasteiger partial charge is 0.478 e. The lowest BCUT2D eigenvalue weighted by molar-refractivity contribution is -0.167. The first-order chi connectivity index (χ1) is 8.29. The standard InChI is InChI=1S/C10H8F3NO3S/c11-10(12,13)9(17)14-7-5(8(15)16)3-6(18-7)4-1-2-4/h3-4H,1-2H2,(H,14,17)(H,15,16). The molecule has 2 rings (SSSR count). The number of nitrogens with one attached hydrogen (secondary N) is 1. The predicted octanol–water partition coefficient (Wildman–Crippen LogP) is 2.82. The first-order valence-electron chi connectivity index (χ1n) is 5.04. The van der Waals surface area contributed by atoms with E-state index in [2.05, 4.69) is 0 Å². The molecular weight excluding hydrogens is 271 g/mol. The van der Waals surface area contributed by atoms with Crippen LogP contribution in [0.25, 0.3) is 0 Å². The highest BCUT2D eigenvalue weighted by Crippen LogP contribution is 2.46. The van der Waals surface area contributed by atoms with Crippen LogP contribution < -0.4 is 5.32 Å². The normalized spacial score (nSPS) is 15.5. The van der Waals surface area contributed by atoms with Crippen molar-refractivity contribution in [3.63, 3.8) is 0 Å². The third kappa shape index (κ3) is 2.63. The van der Waals surface area contributed by atoms with Crippen LogP contribution in [0.15, 0.2) is 6.07 Å². The van der Waals surface area contributed by atoms with Gasteiger partial charge in [0.15, 0.2) is 0 Å². The summed E-state index contributed by atoms with van der Waals surface area (Å²) >= 11 is 0.890. The summed E-state index contributed by atoms with van der Waals surface area (Å²) in [6.07, 6.45) is -3.24. The molecular formula is C10H8F3NO3S. The molecule has 1 aromatic heterocycles. The zero-order valence-electron chi connectivity index (χ0n) is 8.87. The highest BCUT2D eigenvalue weighted by molar-refractivity contribution is 7.16. The smallest absolute Gasteiger partial charge is 0.471 e. The molecule has 0 bridgehead atoms. The van der Waals surface area contributed by atoms with Crippen molar-refractivity contribution in [1.82, 2.24) is 0 Å². The summed E-state index contributed by atoms with van der Waals surface area (Å²) in [7, 11) is 0. The first-order valence-corrected chi connectivity index (χ1v) is 5.86. The van der Waals surface area contributed by atoms with Crippen molar-refractivity contribution in [3.8, 4) is 0 Å². The van der Waals surface area contributed by atoms with E-state index in [9.17, 15) is 22.8 Å². The minimum atomic E-state index is -5.03. The quantitative estimate of drug-likeness (QED) is 0.894. The zero-order chi connectivity index (χ0) is 13.5. The van der Waals surface area contributed by atoms with Crippen LogP contribution >= 0.6 is 11.3 Å². The van der Waals surface area contributed by atoms with Gasteiger partial charge in [-0.25, -0.2) is 4.79 Å². The first kappa shape index (κ1) is 12.9. The van der Waals surface area contributed by atoms with E-state index in [4.69, 9.17) is 5.11 Å². The molecule has 1 aliphatic carbocycles. The molecule has 1 amide bonds. The summed E-state index contributed by atoms with van der Waals surface area (Å²) in [5.74, 6) is -3.30. The average molecular weight is 279 g/mol. The molecule has 1 fully saturated rings. The summed E-state index contributed by atoms with van der Waals surface area (Å²) in [4.78, 5) is 22.4. The lowest BCUT2D eigenvalue weighted by Crippen LogP contribution is -2.30. The number of halogens is 3. The number of hydrogen-bond acceptors (Lipinski definition) is 3. The van der Waals surface area contributed by atoms with Gasteiger partial charge in [0.1, 0.15) is 5.00 Å². The third-order valence-electron chi connectivity index (χ3n) is 2.45. The number of carboxylic acid groups (broad SMARTS) is 1. The Morgan fingerprint density at radius 3 is 2.44 bits per heavy atom. The molecule has 0 saturated heterocycles. The van der Waals surface area contributed by atoms with Gasteiger partial charge in [-0.15, -0.1) is 11.3 Å². The van der Waals surface area contributed by atoms with Crippen molar-refractivity contribution >= 4 is 28.2 Å². The topological polar surface area (TPSA) is 66.4 Å². The Bertz CT molecular complexity index is 505. The molecule has 18 heavy (non-hydrogen) atoms. The highest BCUT2D eigenvalue weighted by atomic mass is 32.1. The molecule has 1 saturated carbocycles. The molecule has 1 aliphatic rings. The Hall–Kier alpha value is -1.57. The summed E-state index contributed by atoms with van der Waals surface area (Å²) in [5, 5.41) is 10.2. The van der Waals surface area contributed by atoms with Crippen LogP contribution in [-0.2, 0) is 4.79 Å². The van der Waals surface area contributed by atoms with Crippen LogP contribution in [0, 0.1) is 0 Å². The van der Waals surface area contributed by atoms with Gasteiger partial charge in [-0.1, -0.05) is 0 Å². The second kappa shape index (κ2) is 4.27. The number of rotatable bonds is 3. The fraction of sp³-hybridized carbons (Fsp3) is 0.400. The maximum absolute atomic E-state index is 12.1. The second-order valence-corrected chi connectivity index (χ2v) is 5.01. The minimum absolute atomic E-state index is 0.213. The number of carboxylic acids is 1. The molecule has 0 spiro atoms. The second-order valence-electron chi connectivity index (χ2n) is 3.92. The Morgan fingerprint density at radius 1 is 1.39 bits per heavy atom. The van der Waals surface area contributed by atoms with Crippen LogP contribution in [0.2, 0.25) is 0 Å². The molecule has 0 aliphatic heterocycles. The van der Waals surface area contributed by atoms with E-state index < -0.39 is 18.1 Å². The predicted molar refractivity (Wildman–Crippen MR) is 57.9 cm³/mol. The number of alkyl halides is 3. The van der Waals surface area contributed by atoms with Gasteiger partial charge in [0.05, 0.1) is 5.56 Å². The van der Waals surface area contributed by atoms with Crippen LogP contribution in [-0.4, -0.2) is 23.2 Å². The molecule has 4 nitrogen and oxygen atoms in total. The third-order valence-corrected chi connectivity index (χ3v) is 3.66. The van der Waals surface area contributed by atoms with Crippen molar-refractivity contribution in [2.24, 2.45) is 0 Å². The van der Waals surface area contributed by atoms with E-state index in [1.807, 2.05) is 0 Å². The number of carbonyl (C=O) groups is 2. The van der Waals surface area contributed by atoms with Crippen LogP contribution in [0.5, 0.6) is 0 Å². The van der Waals surface area contributed by atoms with E-state index in [-0.39, 0.29) is 16.5 Å². The lowest BCUT2D eigenvalue weighted by atomic mass is 10.2. The van der Waals surface area contributed by atoms with Gasteiger partial charge in [0.25, 0.3) is 0 Å². The summed E-state index contributed by atoms with van der Waals surface area (Å²) in [6, 6.07) is 1.33. The fourth-order valence-corrected chi connectivity index (χ4v) is 2.62.